The number of hydrogen-bond acceptors (Lipinski definition) is 2. The summed E-state index contributed by atoms with van der Waals surface area (Å²) in [4.78, 5) is 0. The minimum absolute atomic E-state index is 0.417. The van der Waals surface area contributed by atoms with Gasteiger partial charge in [0, 0.05) is 6.04 Å². The van der Waals surface area contributed by atoms with Crippen LogP contribution < -0.4 is 10.1 Å². The van der Waals surface area contributed by atoms with Crippen LogP contribution in [0.25, 0.3) is 0 Å². The van der Waals surface area contributed by atoms with Gasteiger partial charge >= 0.3 is 0 Å². The van der Waals surface area contributed by atoms with Gasteiger partial charge in [0.25, 0.3) is 0 Å². The summed E-state index contributed by atoms with van der Waals surface area (Å²) in [5.41, 5.74) is 1.31. The highest BCUT2D eigenvalue weighted by Gasteiger charge is 2.03. The van der Waals surface area contributed by atoms with Gasteiger partial charge in [-0.1, -0.05) is 19.1 Å². The highest BCUT2D eigenvalue weighted by molar-refractivity contribution is 5.28. The first-order valence-corrected chi connectivity index (χ1v) is 5.74. The molecule has 0 aromatic heterocycles. The van der Waals surface area contributed by atoms with E-state index in [1.165, 1.54) is 12.0 Å². The normalized spacial score (nSPS) is 12.5. The number of rotatable bonds is 6. The van der Waals surface area contributed by atoms with Crippen molar-refractivity contribution in [2.75, 3.05) is 13.2 Å². The SMILES string of the molecule is CCCNC(C)c1ccc(OCC)cc1. The largest absolute Gasteiger partial charge is 0.494 e. The summed E-state index contributed by atoms with van der Waals surface area (Å²) < 4.78 is 5.40. The summed E-state index contributed by atoms with van der Waals surface area (Å²) in [7, 11) is 0. The molecule has 1 N–H and O–H groups in total. The van der Waals surface area contributed by atoms with Gasteiger partial charge in [-0.15, -0.1) is 0 Å². The molecule has 0 amide bonds. The van der Waals surface area contributed by atoms with Crippen LogP contribution in [-0.2, 0) is 0 Å². The van der Waals surface area contributed by atoms with Crippen LogP contribution in [0.15, 0.2) is 24.3 Å². The molecule has 1 rings (SSSR count). The van der Waals surface area contributed by atoms with E-state index in [4.69, 9.17) is 4.74 Å². The van der Waals surface area contributed by atoms with Crippen LogP contribution in [0.3, 0.4) is 0 Å². The van der Waals surface area contributed by atoms with Crippen molar-refractivity contribution in [2.45, 2.75) is 33.2 Å². The minimum Gasteiger partial charge on any atom is -0.494 e. The van der Waals surface area contributed by atoms with Crippen LogP contribution in [0, 0.1) is 0 Å². The maximum Gasteiger partial charge on any atom is 0.119 e. The van der Waals surface area contributed by atoms with Crippen LogP contribution in [0.4, 0.5) is 0 Å². The summed E-state index contributed by atoms with van der Waals surface area (Å²) in [6.07, 6.45) is 1.17. The zero-order valence-electron chi connectivity index (χ0n) is 9.92. The lowest BCUT2D eigenvalue weighted by Crippen LogP contribution is -2.19. The van der Waals surface area contributed by atoms with E-state index in [1.54, 1.807) is 0 Å². The Hall–Kier alpha value is -1.02. The van der Waals surface area contributed by atoms with Crippen molar-refractivity contribution >= 4 is 0 Å². The molecule has 0 aliphatic rings. The lowest BCUT2D eigenvalue weighted by Gasteiger charge is -2.14. The van der Waals surface area contributed by atoms with E-state index in [0.717, 1.165) is 18.9 Å². The lowest BCUT2D eigenvalue weighted by molar-refractivity contribution is 0.340. The first-order chi connectivity index (χ1) is 7.27. The molecule has 15 heavy (non-hydrogen) atoms. The molecule has 0 heterocycles. The summed E-state index contributed by atoms with van der Waals surface area (Å²) in [6, 6.07) is 8.73. The molecule has 0 aliphatic heterocycles. The van der Waals surface area contributed by atoms with E-state index >= 15 is 0 Å². The molecule has 0 radical (unpaired) electrons. The fourth-order valence-corrected chi connectivity index (χ4v) is 1.50. The smallest absolute Gasteiger partial charge is 0.119 e. The highest BCUT2D eigenvalue weighted by atomic mass is 16.5. The van der Waals surface area contributed by atoms with Crippen molar-refractivity contribution in [1.29, 1.82) is 0 Å². The maximum absolute atomic E-state index is 5.40. The Kier molecular flexibility index (Phi) is 5.19. The lowest BCUT2D eigenvalue weighted by atomic mass is 10.1. The van der Waals surface area contributed by atoms with Gasteiger partial charge in [-0.2, -0.15) is 0 Å². The second kappa shape index (κ2) is 6.46. The number of ether oxygens (including phenoxy) is 1. The maximum atomic E-state index is 5.40. The molecule has 2 heteroatoms. The van der Waals surface area contributed by atoms with E-state index < -0.39 is 0 Å². The zero-order valence-corrected chi connectivity index (χ0v) is 9.92. The van der Waals surface area contributed by atoms with E-state index in [9.17, 15) is 0 Å². The molecular weight excluding hydrogens is 186 g/mol. The Morgan fingerprint density at radius 3 is 2.40 bits per heavy atom. The minimum atomic E-state index is 0.417. The molecule has 2 nitrogen and oxygen atoms in total. The zero-order chi connectivity index (χ0) is 11.1. The van der Waals surface area contributed by atoms with Crippen molar-refractivity contribution in [1.82, 2.24) is 5.32 Å². The van der Waals surface area contributed by atoms with Gasteiger partial charge in [-0.25, -0.2) is 0 Å². The van der Waals surface area contributed by atoms with Crippen LogP contribution >= 0.6 is 0 Å². The Morgan fingerprint density at radius 1 is 1.20 bits per heavy atom. The summed E-state index contributed by atoms with van der Waals surface area (Å²) in [6.45, 7) is 8.15. The number of hydrogen-bond donors (Lipinski definition) is 1. The van der Waals surface area contributed by atoms with Crippen molar-refractivity contribution < 1.29 is 4.74 Å². The predicted octanol–water partition coefficient (Wildman–Crippen LogP) is 3.15. The van der Waals surface area contributed by atoms with E-state index in [0.29, 0.717) is 6.04 Å². The average molecular weight is 207 g/mol. The third kappa shape index (κ3) is 3.92. The highest BCUT2D eigenvalue weighted by Crippen LogP contribution is 2.17. The molecule has 1 aromatic rings. The molecule has 1 atom stereocenters. The van der Waals surface area contributed by atoms with Gasteiger partial charge in [0.05, 0.1) is 6.61 Å². The Balaban J connectivity index is 2.54. The average Bonchev–Trinajstić information content (AvgIpc) is 2.27. The van der Waals surface area contributed by atoms with Crippen LogP contribution in [0.5, 0.6) is 5.75 Å². The topological polar surface area (TPSA) is 21.3 Å². The first kappa shape index (κ1) is 12.1. The summed E-state index contributed by atoms with van der Waals surface area (Å²) in [5, 5.41) is 3.46. The second-order valence-electron chi connectivity index (χ2n) is 3.68. The van der Waals surface area contributed by atoms with Crippen molar-refractivity contribution in [2.24, 2.45) is 0 Å². The van der Waals surface area contributed by atoms with Crippen molar-refractivity contribution in [3.63, 3.8) is 0 Å². The Labute approximate surface area is 92.6 Å². The third-order valence-corrected chi connectivity index (χ3v) is 2.39. The molecule has 0 aliphatic carbocycles. The number of nitrogens with one attached hydrogen (secondary N) is 1. The van der Waals surface area contributed by atoms with Gasteiger partial charge in [-0.3, -0.25) is 0 Å². The quantitative estimate of drug-likeness (QED) is 0.773. The Bertz CT molecular complexity index is 268. The van der Waals surface area contributed by atoms with Crippen molar-refractivity contribution in [3.8, 4) is 5.75 Å². The van der Waals surface area contributed by atoms with Gasteiger partial charge in [0.1, 0.15) is 5.75 Å². The van der Waals surface area contributed by atoms with Gasteiger partial charge in [-0.05, 0) is 44.5 Å². The Morgan fingerprint density at radius 2 is 1.87 bits per heavy atom. The fraction of sp³-hybridized carbons (Fsp3) is 0.538. The first-order valence-electron chi connectivity index (χ1n) is 5.74. The van der Waals surface area contributed by atoms with Gasteiger partial charge in [0.15, 0.2) is 0 Å². The summed E-state index contributed by atoms with van der Waals surface area (Å²) >= 11 is 0. The standard InChI is InChI=1S/C13H21NO/c1-4-10-14-11(3)12-6-8-13(9-7-12)15-5-2/h6-9,11,14H,4-5,10H2,1-3H3. The van der Waals surface area contributed by atoms with Crippen molar-refractivity contribution in [3.05, 3.63) is 29.8 Å². The molecule has 0 saturated carbocycles. The second-order valence-corrected chi connectivity index (χ2v) is 3.68. The predicted molar refractivity (Wildman–Crippen MR) is 64.3 cm³/mol. The molecule has 84 valence electrons. The molecule has 0 bridgehead atoms. The van der Waals surface area contributed by atoms with Crippen LogP contribution in [-0.4, -0.2) is 13.2 Å². The molecule has 1 unspecified atom stereocenters. The number of benzene rings is 1. The fourth-order valence-electron chi connectivity index (χ4n) is 1.50. The molecule has 0 fully saturated rings. The van der Waals surface area contributed by atoms with E-state index in [2.05, 4.69) is 31.3 Å². The summed E-state index contributed by atoms with van der Waals surface area (Å²) in [5.74, 6) is 0.948. The molecule has 1 aromatic carbocycles. The van der Waals surface area contributed by atoms with E-state index in [1.807, 2.05) is 19.1 Å². The monoisotopic (exact) mass is 207 g/mol. The van der Waals surface area contributed by atoms with E-state index in [-0.39, 0.29) is 0 Å². The third-order valence-electron chi connectivity index (χ3n) is 2.39. The van der Waals surface area contributed by atoms with Gasteiger partial charge in [0.2, 0.25) is 0 Å². The van der Waals surface area contributed by atoms with Crippen LogP contribution in [0.2, 0.25) is 0 Å². The van der Waals surface area contributed by atoms with Crippen LogP contribution in [0.1, 0.15) is 38.8 Å². The molecule has 0 saturated heterocycles. The van der Waals surface area contributed by atoms with Gasteiger partial charge < -0.3 is 10.1 Å². The molecular formula is C13H21NO. The molecule has 0 spiro atoms.